The van der Waals surface area contributed by atoms with Crippen LogP contribution >= 0.6 is 0 Å². The first-order valence-corrected chi connectivity index (χ1v) is 4.47. The monoisotopic (exact) mass is 173 g/mol. The summed E-state index contributed by atoms with van der Waals surface area (Å²) in [5, 5.41) is 3.37. The molecule has 0 aliphatic carbocycles. The van der Waals surface area contributed by atoms with E-state index in [2.05, 4.69) is 19.2 Å². The molecule has 0 amide bonds. The van der Waals surface area contributed by atoms with Gasteiger partial charge in [0.2, 0.25) is 0 Å². The molecule has 0 spiro atoms. The third kappa shape index (κ3) is 2.73. The summed E-state index contributed by atoms with van der Waals surface area (Å²) in [6, 6.07) is 0. The fraction of sp³-hybridized carbons (Fsp3) is 1.00. The fourth-order valence-corrected chi connectivity index (χ4v) is 1.21. The van der Waals surface area contributed by atoms with E-state index in [1.54, 1.807) is 7.11 Å². The lowest BCUT2D eigenvalue weighted by Crippen LogP contribution is -2.48. The third-order valence-electron chi connectivity index (χ3n) is 2.29. The second-order valence-electron chi connectivity index (χ2n) is 3.98. The maximum atomic E-state index is 5.15. The van der Waals surface area contributed by atoms with Gasteiger partial charge in [-0.1, -0.05) is 6.92 Å². The van der Waals surface area contributed by atoms with Gasteiger partial charge in [0.05, 0.1) is 19.3 Å². The molecule has 1 saturated heterocycles. The molecule has 0 aromatic carbocycles. The summed E-state index contributed by atoms with van der Waals surface area (Å²) >= 11 is 0. The lowest BCUT2D eigenvalue weighted by atomic mass is 9.89. The molecular formula is C9H19NO2. The van der Waals surface area contributed by atoms with Crippen LogP contribution in [0.25, 0.3) is 0 Å². The molecule has 72 valence electrons. The van der Waals surface area contributed by atoms with Crippen molar-refractivity contribution >= 4 is 0 Å². The highest BCUT2D eigenvalue weighted by atomic mass is 16.5. The molecule has 1 unspecified atom stereocenters. The Labute approximate surface area is 74.4 Å². The molecule has 0 aromatic rings. The van der Waals surface area contributed by atoms with Gasteiger partial charge in [-0.15, -0.1) is 0 Å². The van der Waals surface area contributed by atoms with Crippen molar-refractivity contribution in [3.05, 3.63) is 0 Å². The van der Waals surface area contributed by atoms with E-state index in [-0.39, 0.29) is 0 Å². The molecule has 1 rings (SSSR count). The van der Waals surface area contributed by atoms with Gasteiger partial charge in [-0.25, -0.2) is 0 Å². The van der Waals surface area contributed by atoms with Crippen molar-refractivity contribution in [3.63, 3.8) is 0 Å². The molecule has 3 nitrogen and oxygen atoms in total. The zero-order chi connectivity index (χ0) is 9.03. The Balaban J connectivity index is 2.01. The van der Waals surface area contributed by atoms with Gasteiger partial charge in [0, 0.05) is 25.6 Å². The van der Waals surface area contributed by atoms with E-state index >= 15 is 0 Å². The number of nitrogens with one attached hydrogen (secondary N) is 1. The molecule has 1 aliphatic rings. The average molecular weight is 173 g/mol. The third-order valence-corrected chi connectivity index (χ3v) is 2.29. The largest absolute Gasteiger partial charge is 0.380 e. The minimum absolute atomic E-state index is 0.301. The lowest BCUT2D eigenvalue weighted by molar-refractivity contribution is -0.0997. The fourth-order valence-electron chi connectivity index (χ4n) is 1.21. The summed E-state index contributed by atoms with van der Waals surface area (Å²) in [7, 11) is 1.74. The second-order valence-corrected chi connectivity index (χ2v) is 3.98. The molecule has 1 N–H and O–H groups in total. The van der Waals surface area contributed by atoms with Gasteiger partial charge in [0.15, 0.2) is 0 Å². The summed E-state index contributed by atoms with van der Waals surface area (Å²) in [6.07, 6.45) is 0.301. The van der Waals surface area contributed by atoms with E-state index in [0.29, 0.717) is 11.5 Å². The van der Waals surface area contributed by atoms with Crippen LogP contribution in [0, 0.1) is 5.41 Å². The summed E-state index contributed by atoms with van der Waals surface area (Å²) in [5.41, 5.74) is 0.369. The van der Waals surface area contributed by atoms with Crippen LogP contribution in [0.2, 0.25) is 0 Å². The highest BCUT2D eigenvalue weighted by molar-refractivity contribution is 4.82. The molecule has 1 aliphatic heterocycles. The van der Waals surface area contributed by atoms with E-state index in [1.165, 1.54) is 0 Å². The quantitative estimate of drug-likeness (QED) is 0.662. The van der Waals surface area contributed by atoms with Gasteiger partial charge in [0.25, 0.3) is 0 Å². The van der Waals surface area contributed by atoms with Crippen LogP contribution in [0.15, 0.2) is 0 Å². The molecule has 3 heteroatoms. The highest BCUT2D eigenvalue weighted by Crippen LogP contribution is 2.24. The molecule has 0 radical (unpaired) electrons. The highest BCUT2D eigenvalue weighted by Gasteiger charge is 2.32. The maximum absolute atomic E-state index is 5.15. The van der Waals surface area contributed by atoms with E-state index in [9.17, 15) is 0 Å². The van der Waals surface area contributed by atoms with Crippen molar-refractivity contribution in [2.24, 2.45) is 5.41 Å². The van der Waals surface area contributed by atoms with Crippen LogP contribution in [0.5, 0.6) is 0 Å². The van der Waals surface area contributed by atoms with Gasteiger partial charge in [-0.2, -0.15) is 0 Å². The van der Waals surface area contributed by atoms with Gasteiger partial charge in [-0.3, -0.25) is 0 Å². The minimum Gasteiger partial charge on any atom is -0.380 e. The van der Waals surface area contributed by atoms with Gasteiger partial charge in [0.1, 0.15) is 0 Å². The summed E-state index contributed by atoms with van der Waals surface area (Å²) in [6.45, 7) is 8.03. The molecule has 0 aromatic heterocycles. The molecule has 1 heterocycles. The summed E-state index contributed by atoms with van der Waals surface area (Å²) in [4.78, 5) is 0. The van der Waals surface area contributed by atoms with Crippen LogP contribution in [0.3, 0.4) is 0 Å². The Hall–Kier alpha value is -0.120. The Morgan fingerprint density at radius 1 is 1.58 bits per heavy atom. The Morgan fingerprint density at radius 2 is 2.25 bits per heavy atom. The van der Waals surface area contributed by atoms with Crippen LogP contribution in [0.1, 0.15) is 13.8 Å². The van der Waals surface area contributed by atoms with E-state index < -0.39 is 0 Å². The topological polar surface area (TPSA) is 30.5 Å². The van der Waals surface area contributed by atoms with Crippen LogP contribution in [-0.2, 0) is 9.47 Å². The van der Waals surface area contributed by atoms with Crippen molar-refractivity contribution in [2.45, 2.75) is 20.0 Å². The van der Waals surface area contributed by atoms with Crippen molar-refractivity contribution in [1.82, 2.24) is 5.32 Å². The lowest BCUT2D eigenvalue weighted by Gasteiger charge is -2.38. The first-order chi connectivity index (χ1) is 5.66. The zero-order valence-corrected chi connectivity index (χ0v) is 8.22. The van der Waals surface area contributed by atoms with Crippen LogP contribution < -0.4 is 5.32 Å². The van der Waals surface area contributed by atoms with Gasteiger partial charge in [-0.05, 0) is 6.92 Å². The molecule has 0 bridgehead atoms. The van der Waals surface area contributed by atoms with Crippen LogP contribution in [0.4, 0.5) is 0 Å². The first kappa shape index (κ1) is 9.96. The summed E-state index contributed by atoms with van der Waals surface area (Å²) in [5.74, 6) is 0. The number of hydrogen-bond acceptors (Lipinski definition) is 3. The van der Waals surface area contributed by atoms with Crippen molar-refractivity contribution in [1.29, 1.82) is 0 Å². The normalized spacial score (nSPS) is 23.2. The Bertz CT molecular complexity index is 134. The van der Waals surface area contributed by atoms with Gasteiger partial charge < -0.3 is 14.8 Å². The average Bonchev–Trinajstić information content (AvgIpc) is 2.01. The minimum atomic E-state index is 0.301. The smallest absolute Gasteiger partial charge is 0.0667 e. The molecule has 1 fully saturated rings. The molecule has 12 heavy (non-hydrogen) atoms. The van der Waals surface area contributed by atoms with Crippen molar-refractivity contribution in [3.8, 4) is 0 Å². The molecular weight excluding hydrogens is 154 g/mol. The standard InChI is InChI=1S/C9H19NO2/c1-8(11-3)4-10-5-9(2)6-12-7-9/h8,10H,4-7H2,1-3H3. The van der Waals surface area contributed by atoms with Crippen molar-refractivity contribution < 1.29 is 9.47 Å². The van der Waals surface area contributed by atoms with E-state index in [0.717, 1.165) is 26.3 Å². The number of methoxy groups -OCH3 is 1. The maximum Gasteiger partial charge on any atom is 0.0667 e. The van der Waals surface area contributed by atoms with E-state index in [4.69, 9.17) is 9.47 Å². The molecule has 1 atom stereocenters. The Kier molecular flexibility index (Phi) is 3.50. The van der Waals surface area contributed by atoms with Crippen LogP contribution in [-0.4, -0.2) is 39.5 Å². The molecule has 0 saturated carbocycles. The number of hydrogen-bond donors (Lipinski definition) is 1. The zero-order valence-electron chi connectivity index (χ0n) is 8.22. The van der Waals surface area contributed by atoms with Crippen molar-refractivity contribution in [2.75, 3.05) is 33.4 Å². The summed E-state index contributed by atoms with van der Waals surface area (Å²) < 4.78 is 10.3. The Morgan fingerprint density at radius 3 is 2.67 bits per heavy atom. The second kappa shape index (κ2) is 4.21. The van der Waals surface area contributed by atoms with Gasteiger partial charge >= 0.3 is 0 Å². The van der Waals surface area contributed by atoms with E-state index in [1.807, 2.05) is 0 Å². The number of rotatable bonds is 5. The predicted octanol–water partition coefficient (Wildman–Crippen LogP) is 0.647. The number of ether oxygens (including phenoxy) is 2. The SMILES string of the molecule is COC(C)CNCC1(C)COC1. The first-order valence-electron chi connectivity index (χ1n) is 4.47. The predicted molar refractivity (Wildman–Crippen MR) is 48.3 cm³/mol.